The third kappa shape index (κ3) is 3.57. The minimum atomic E-state index is -0.911. The maximum Gasteiger partial charge on any atom is 0.335 e. The molecule has 1 heterocycles. The van der Waals surface area contributed by atoms with Crippen LogP contribution in [0.4, 0.5) is 0 Å². The molecule has 1 aliphatic heterocycles. The number of nitrogens with zero attached hydrogens (tertiary/aromatic N) is 2. The Bertz CT molecular complexity index is 586. The predicted octanol–water partition coefficient (Wildman–Crippen LogP) is 2.84. The Hall–Kier alpha value is -2.36. The van der Waals surface area contributed by atoms with Gasteiger partial charge in [0, 0.05) is 25.7 Å². The molecule has 0 aromatic heterocycles. The molecule has 0 radical (unpaired) electrons. The fraction of sp³-hybridized carbons (Fsp3) is 0.250. The third-order valence-corrected chi connectivity index (χ3v) is 3.12. The van der Waals surface area contributed by atoms with Crippen LogP contribution in [0.15, 0.2) is 58.7 Å². The number of aliphatic imine (C=N–C) groups is 1. The zero-order chi connectivity index (χ0) is 14.5. The first-order valence-electron chi connectivity index (χ1n) is 6.50. The quantitative estimate of drug-likeness (QED) is 0.918. The van der Waals surface area contributed by atoms with Gasteiger partial charge in [0.25, 0.3) is 0 Å². The molecule has 0 unspecified atom stereocenters. The number of hydrogen-bond donors (Lipinski definition) is 1. The molecule has 0 aliphatic carbocycles. The number of benzene rings is 1. The van der Waals surface area contributed by atoms with E-state index in [4.69, 9.17) is 5.11 Å². The number of carboxylic acid groups (broad SMARTS) is 1. The van der Waals surface area contributed by atoms with Gasteiger partial charge < -0.3 is 10.0 Å². The Labute approximate surface area is 118 Å². The number of carboxylic acids is 1. The molecule has 0 bridgehead atoms. The van der Waals surface area contributed by atoms with E-state index in [1.54, 1.807) is 12.2 Å². The van der Waals surface area contributed by atoms with Crippen LogP contribution < -0.4 is 0 Å². The van der Waals surface area contributed by atoms with Crippen LogP contribution in [-0.2, 0) is 11.3 Å². The van der Waals surface area contributed by atoms with Crippen molar-refractivity contribution in [2.45, 2.75) is 19.9 Å². The summed E-state index contributed by atoms with van der Waals surface area (Å²) in [6.07, 6.45) is 3.84. The van der Waals surface area contributed by atoms with Crippen LogP contribution in [-0.4, -0.2) is 28.9 Å². The molecule has 4 nitrogen and oxygen atoms in total. The molecule has 20 heavy (non-hydrogen) atoms. The van der Waals surface area contributed by atoms with E-state index in [2.05, 4.69) is 17.1 Å². The summed E-state index contributed by atoms with van der Waals surface area (Å²) in [5.74, 6) is -0.0367. The van der Waals surface area contributed by atoms with Gasteiger partial charge in [-0.3, -0.25) is 0 Å². The molecule has 1 N–H and O–H groups in total. The molecule has 1 aromatic carbocycles. The van der Waals surface area contributed by atoms with Gasteiger partial charge in [0.1, 0.15) is 5.84 Å². The lowest BCUT2D eigenvalue weighted by atomic mass is 10.2. The summed E-state index contributed by atoms with van der Waals surface area (Å²) in [6.45, 7) is 2.57. The van der Waals surface area contributed by atoms with Crippen molar-refractivity contribution in [3.63, 3.8) is 0 Å². The highest BCUT2D eigenvalue weighted by molar-refractivity contribution is 5.93. The van der Waals surface area contributed by atoms with Gasteiger partial charge in [0.2, 0.25) is 0 Å². The van der Waals surface area contributed by atoms with Gasteiger partial charge in [-0.1, -0.05) is 36.4 Å². The Kier molecular flexibility index (Phi) is 4.35. The third-order valence-electron chi connectivity index (χ3n) is 3.12. The first-order valence-corrected chi connectivity index (χ1v) is 6.50. The van der Waals surface area contributed by atoms with E-state index in [1.807, 2.05) is 37.1 Å². The summed E-state index contributed by atoms with van der Waals surface area (Å²) in [6, 6.07) is 10.1. The van der Waals surface area contributed by atoms with E-state index in [0.29, 0.717) is 17.7 Å². The number of carbonyl (C=O) groups is 1. The van der Waals surface area contributed by atoms with Crippen molar-refractivity contribution >= 4 is 11.8 Å². The molecular weight excluding hydrogens is 252 g/mol. The van der Waals surface area contributed by atoms with E-state index in [0.717, 1.165) is 12.4 Å². The van der Waals surface area contributed by atoms with Crippen molar-refractivity contribution in [3.8, 4) is 0 Å². The van der Waals surface area contributed by atoms with Crippen molar-refractivity contribution in [1.29, 1.82) is 0 Å². The summed E-state index contributed by atoms with van der Waals surface area (Å²) in [5.41, 5.74) is 2.21. The van der Waals surface area contributed by atoms with Crippen LogP contribution in [0.3, 0.4) is 0 Å². The second-order valence-corrected chi connectivity index (χ2v) is 4.82. The Morgan fingerprint density at radius 1 is 1.35 bits per heavy atom. The fourth-order valence-electron chi connectivity index (χ4n) is 2.11. The predicted molar refractivity (Wildman–Crippen MR) is 79.4 cm³/mol. The van der Waals surface area contributed by atoms with E-state index in [1.165, 1.54) is 5.56 Å². The van der Waals surface area contributed by atoms with Gasteiger partial charge in [0.15, 0.2) is 0 Å². The largest absolute Gasteiger partial charge is 0.478 e. The molecule has 0 saturated heterocycles. The first kappa shape index (κ1) is 14.1. The summed E-state index contributed by atoms with van der Waals surface area (Å²) in [7, 11) is 1.97. The van der Waals surface area contributed by atoms with Crippen LogP contribution in [0.1, 0.15) is 18.9 Å². The molecule has 0 fully saturated rings. The van der Waals surface area contributed by atoms with Crippen LogP contribution in [0.2, 0.25) is 0 Å². The molecule has 0 saturated carbocycles. The molecule has 0 amide bonds. The zero-order valence-electron chi connectivity index (χ0n) is 11.7. The Balaban J connectivity index is 2.13. The lowest BCUT2D eigenvalue weighted by molar-refractivity contribution is -0.132. The normalized spacial score (nSPS) is 14.8. The average Bonchev–Trinajstić information content (AvgIpc) is 2.62. The van der Waals surface area contributed by atoms with E-state index >= 15 is 0 Å². The maximum absolute atomic E-state index is 11.0. The SMILES string of the molecule is CC1=CC(C(=O)O)=CCC(N(C)Cc2ccccc2)=N1. The van der Waals surface area contributed by atoms with Crippen LogP contribution in [0.5, 0.6) is 0 Å². The number of allylic oxidation sites excluding steroid dienone is 1. The lowest BCUT2D eigenvalue weighted by Crippen LogP contribution is -2.25. The van der Waals surface area contributed by atoms with Gasteiger partial charge in [-0.05, 0) is 18.6 Å². The van der Waals surface area contributed by atoms with Gasteiger partial charge in [-0.15, -0.1) is 0 Å². The minimum Gasteiger partial charge on any atom is -0.478 e. The van der Waals surface area contributed by atoms with Gasteiger partial charge in [-0.25, -0.2) is 9.79 Å². The molecule has 0 atom stereocenters. The van der Waals surface area contributed by atoms with E-state index < -0.39 is 5.97 Å². The summed E-state index contributed by atoms with van der Waals surface area (Å²) in [4.78, 5) is 17.6. The average molecular weight is 270 g/mol. The van der Waals surface area contributed by atoms with Crippen molar-refractivity contribution in [3.05, 3.63) is 59.3 Å². The van der Waals surface area contributed by atoms with Crippen molar-refractivity contribution in [2.24, 2.45) is 4.99 Å². The highest BCUT2D eigenvalue weighted by Crippen LogP contribution is 2.14. The molecule has 0 spiro atoms. The highest BCUT2D eigenvalue weighted by atomic mass is 16.4. The molecular formula is C16H18N2O2. The van der Waals surface area contributed by atoms with Gasteiger partial charge in [-0.2, -0.15) is 0 Å². The number of rotatable bonds is 3. The van der Waals surface area contributed by atoms with Crippen molar-refractivity contribution < 1.29 is 9.90 Å². The van der Waals surface area contributed by atoms with Crippen molar-refractivity contribution in [2.75, 3.05) is 7.05 Å². The number of aliphatic carboxylic acids is 1. The van der Waals surface area contributed by atoms with Crippen LogP contribution in [0, 0.1) is 0 Å². The van der Waals surface area contributed by atoms with Crippen LogP contribution in [0.25, 0.3) is 0 Å². The molecule has 1 aliphatic rings. The van der Waals surface area contributed by atoms with E-state index in [9.17, 15) is 4.79 Å². The Morgan fingerprint density at radius 3 is 2.70 bits per heavy atom. The summed E-state index contributed by atoms with van der Waals surface area (Å²) < 4.78 is 0. The van der Waals surface area contributed by atoms with E-state index in [-0.39, 0.29) is 0 Å². The minimum absolute atomic E-state index is 0.300. The van der Waals surface area contributed by atoms with Crippen molar-refractivity contribution in [1.82, 2.24) is 4.90 Å². The molecule has 1 aromatic rings. The first-order chi connectivity index (χ1) is 9.56. The lowest BCUT2D eigenvalue weighted by Gasteiger charge is -2.20. The Morgan fingerprint density at radius 2 is 2.05 bits per heavy atom. The van der Waals surface area contributed by atoms with Gasteiger partial charge in [0.05, 0.1) is 5.57 Å². The van der Waals surface area contributed by atoms with Crippen LogP contribution >= 0.6 is 0 Å². The van der Waals surface area contributed by atoms with Gasteiger partial charge >= 0.3 is 5.97 Å². The number of amidine groups is 1. The smallest absolute Gasteiger partial charge is 0.335 e. The molecule has 4 heteroatoms. The number of hydrogen-bond acceptors (Lipinski definition) is 3. The fourth-order valence-corrected chi connectivity index (χ4v) is 2.11. The topological polar surface area (TPSA) is 52.9 Å². The second-order valence-electron chi connectivity index (χ2n) is 4.82. The molecule has 2 rings (SSSR count). The standard InChI is InChI=1S/C16H18N2O2/c1-12-10-14(16(19)20)8-9-15(17-12)18(2)11-13-6-4-3-5-7-13/h3-8,10H,9,11H2,1-2H3,(H,19,20). The summed E-state index contributed by atoms with van der Waals surface area (Å²) >= 11 is 0. The molecule has 104 valence electrons. The zero-order valence-corrected chi connectivity index (χ0v) is 11.7. The monoisotopic (exact) mass is 270 g/mol. The maximum atomic E-state index is 11.0. The highest BCUT2D eigenvalue weighted by Gasteiger charge is 2.12. The second kappa shape index (κ2) is 6.19. The summed E-state index contributed by atoms with van der Waals surface area (Å²) in [5, 5.41) is 9.06.